The van der Waals surface area contributed by atoms with Gasteiger partial charge < -0.3 is 0 Å². The lowest BCUT2D eigenvalue weighted by molar-refractivity contribution is -0.0545. The second-order valence-corrected chi connectivity index (χ2v) is 40.8. The lowest BCUT2D eigenvalue weighted by Gasteiger charge is -2.56. The zero-order valence-electron chi connectivity index (χ0n) is 84.6. The Morgan fingerprint density at radius 2 is 0.606 bits per heavy atom. The predicted octanol–water partition coefficient (Wildman–Crippen LogP) is 35.9. The molecule has 0 aromatic carbocycles. The van der Waals surface area contributed by atoms with Crippen molar-refractivity contribution in [1.29, 1.82) is 0 Å². The summed E-state index contributed by atoms with van der Waals surface area (Å²) >= 11 is 0. The smallest absolute Gasteiger partial charge is 0.0300 e. The minimum Gasteiger partial charge on any atom is -0.0683 e. The first-order valence-electron chi connectivity index (χ1n) is 50.2. The molecule has 3 spiro atoms. The Morgan fingerprint density at radius 1 is 0.374 bits per heavy atom. The lowest BCUT2D eigenvalue weighted by Crippen LogP contribution is -2.45. The molecule has 4 bridgehead atoms. The first-order valence-corrected chi connectivity index (χ1v) is 44.7. The quantitative estimate of drug-likeness (QED) is 0.263. The van der Waals surface area contributed by atoms with Gasteiger partial charge in [-0.1, -0.05) is 398 Å². The summed E-state index contributed by atoms with van der Waals surface area (Å²) in [7, 11) is 0. The molecule has 594 valence electrons. The zero-order valence-corrected chi connectivity index (χ0v) is 73.6. The fraction of sp³-hybridized carbons (Fsp3) is 1.00. The Hall–Kier alpha value is 0. The molecule has 0 radical (unpaired) electrons. The summed E-state index contributed by atoms with van der Waals surface area (Å²) in [4.78, 5) is 0. The van der Waals surface area contributed by atoms with Crippen molar-refractivity contribution in [1.82, 2.24) is 0 Å². The Labute approximate surface area is 647 Å². The SMILES string of the molecule is CC.CC(C)(C)C.CC1CCC2(CC1)CCC(C)(C)CC2.CC1CCC2(CCCC2)CC1.CC1CCC2(CCCCC2)CC1.CCC12CC3CC(CC(C3)C1)C2.[2H]C(C)(C)C.[2H]C([2H])(C)C(C)(C)C.[2H]C([2H])(C)C(C)C.[2H]C([2H])(C)C1CCCC1.[2H]C([2H])(C)C1CCCCC1.[2H]C1(C)CCCC1.[2H]C1(C)CCCCC1. The van der Waals surface area contributed by atoms with Crippen LogP contribution in [0.15, 0.2) is 0 Å². The van der Waals surface area contributed by atoms with Gasteiger partial charge in [-0.15, -0.1) is 0 Å². The Balaban J connectivity index is 0.000000605. The lowest BCUT2D eigenvalue weighted by atomic mass is 9.49. The van der Waals surface area contributed by atoms with Gasteiger partial charge in [-0.2, -0.15) is 0 Å². The van der Waals surface area contributed by atoms with Crippen LogP contribution in [0.2, 0.25) is 0 Å². The molecule has 0 aliphatic heterocycles. The van der Waals surface area contributed by atoms with Crippen molar-refractivity contribution < 1.29 is 15.1 Å². The molecule has 14 aliphatic carbocycles. The molecule has 0 unspecified atom stereocenters. The highest BCUT2D eigenvalue weighted by Crippen LogP contribution is 2.61. The first kappa shape index (κ1) is 78.6. The van der Waals surface area contributed by atoms with Crippen LogP contribution in [-0.2, 0) is 0 Å². The van der Waals surface area contributed by atoms with Gasteiger partial charge in [-0.05, 0) is 237 Å². The van der Waals surface area contributed by atoms with E-state index in [0.717, 1.165) is 109 Å². The second kappa shape index (κ2) is 52.9. The average molecular weight is 1400 g/mol. The highest BCUT2D eigenvalue weighted by molar-refractivity contribution is 5.01. The molecule has 0 nitrogen and oxygen atoms in total. The van der Waals surface area contributed by atoms with Gasteiger partial charge >= 0.3 is 0 Å². The van der Waals surface area contributed by atoms with Crippen molar-refractivity contribution in [3.63, 3.8) is 0 Å². The van der Waals surface area contributed by atoms with Gasteiger partial charge in [-0.25, -0.2) is 0 Å². The van der Waals surface area contributed by atoms with E-state index in [1.807, 2.05) is 83.1 Å². The van der Waals surface area contributed by atoms with E-state index in [-0.39, 0.29) is 29.0 Å². The Kier molecular flexibility index (Phi) is 42.0. The summed E-state index contributed by atoms with van der Waals surface area (Å²) in [6, 6.07) is 0. The molecule has 0 N–H and O–H groups in total. The molecule has 0 aromatic rings. The van der Waals surface area contributed by atoms with Gasteiger partial charge in [-0.3, -0.25) is 0 Å². The molecule has 0 aromatic heterocycles. The van der Waals surface area contributed by atoms with Gasteiger partial charge in [0.2, 0.25) is 0 Å². The molecule has 0 heteroatoms. The normalized spacial score (nSPS) is 30.7. The summed E-state index contributed by atoms with van der Waals surface area (Å²) in [5.41, 5.74) is 4.25. The summed E-state index contributed by atoms with van der Waals surface area (Å²) < 4.78 is 80.4. The van der Waals surface area contributed by atoms with E-state index in [0.29, 0.717) is 22.7 Å². The molecule has 14 saturated carbocycles. The summed E-state index contributed by atoms with van der Waals surface area (Å²) in [5, 5.41) is 0. The van der Waals surface area contributed by atoms with E-state index in [1.54, 1.807) is 118 Å². The standard InChI is InChI=1S/C14H26.C12H20.C12H22.C11H20.C8H16.2C7H14.C6H12.C6H14.2C5H12.C4H10.C2H6/c1-12-4-6-14(7-5-12)10-8-13(2,3)9-11-14;1-2-12-6-9-3-10(7-12)5-11(4-9)8-12;1-11-5-9-12(10-6-11)7-3-2-4-8-12;1-10-4-8-11(9-5-10)6-2-3-7-11;1-2-8-6-4-3-5-7-8;1-7-5-3-2-4-6-7;1-2-7-5-3-4-6-7;1-6-4-2-3-5-6;1-5-6(2,3)4;1-5(2,3)4;1-4-5(2)3;1-4(2)3;1-2/h12H,4-11H2,1-3H3;9-11H,2-8H2,1H3;11H,2-10H2,1H3;10H,2-9H2,1H3;8H,2-7H2,1H3;2*7H,2-6H2,1H3;6H,2-5H2,1H3;5H2,1-4H3;1-4H3;5H,4H2,1-3H3;4H,1-3H3;1-2H3/i;;;;2D2;7D;2D2;6D;5D2;;4D2;4D;. The van der Waals surface area contributed by atoms with E-state index in [4.69, 9.17) is 15.1 Å². The largest absolute Gasteiger partial charge is 0.0683 e. The number of hydrogen-bond acceptors (Lipinski definition) is 0. The van der Waals surface area contributed by atoms with Crippen LogP contribution in [0.25, 0.3) is 0 Å². The third-order valence-electron chi connectivity index (χ3n) is 26.4. The van der Waals surface area contributed by atoms with Crippen molar-refractivity contribution in [2.24, 2.45) is 109 Å². The minimum atomic E-state index is -1.06. The maximum absolute atomic E-state index is 7.63. The molecular weight excluding hydrogens is 1190 g/mol. The highest BCUT2D eigenvalue weighted by Gasteiger charge is 2.50. The van der Waals surface area contributed by atoms with Crippen molar-refractivity contribution >= 4 is 0 Å². The minimum absolute atomic E-state index is 0.0556. The third-order valence-corrected chi connectivity index (χ3v) is 26.4. The fourth-order valence-corrected chi connectivity index (χ4v) is 19.0. The van der Waals surface area contributed by atoms with Crippen LogP contribution < -0.4 is 0 Å². The topological polar surface area (TPSA) is 0 Å². The molecule has 14 rings (SSSR count). The van der Waals surface area contributed by atoms with Crippen molar-refractivity contribution in [3.05, 3.63) is 0 Å². The van der Waals surface area contributed by atoms with Gasteiger partial charge in [0.25, 0.3) is 0 Å². The van der Waals surface area contributed by atoms with Crippen LogP contribution >= 0.6 is 0 Å². The highest BCUT2D eigenvalue weighted by atomic mass is 14.5. The van der Waals surface area contributed by atoms with Crippen LogP contribution in [0.3, 0.4) is 0 Å². The zero-order chi connectivity index (χ0) is 84.6. The van der Waals surface area contributed by atoms with Crippen molar-refractivity contribution in [2.45, 2.75) is 527 Å². The summed E-state index contributed by atoms with van der Waals surface area (Å²) in [6.45, 7) is 53.0. The molecule has 0 saturated heterocycles. The van der Waals surface area contributed by atoms with E-state index in [1.165, 1.54) is 180 Å². The van der Waals surface area contributed by atoms with Crippen LogP contribution in [0.5, 0.6) is 0 Å². The maximum atomic E-state index is 7.63. The average Bonchev–Trinajstić information content (AvgIpc) is 1.72. The molecule has 0 heterocycles. The van der Waals surface area contributed by atoms with Crippen molar-refractivity contribution in [2.75, 3.05) is 0 Å². The van der Waals surface area contributed by atoms with Gasteiger partial charge in [0.1, 0.15) is 0 Å². The van der Waals surface area contributed by atoms with E-state index < -0.39 is 25.5 Å². The predicted molar refractivity (Wildman–Crippen MR) is 456 cm³/mol. The van der Waals surface area contributed by atoms with Gasteiger partial charge in [0, 0.05) is 15.1 Å². The van der Waals surface area contributed by atoms with E-state index >= 15 is 0 Å². The van der Waals surface area contributed by atoms with E-state index in [2.05, 4.69) is 69.2 Å². The maximum Gasteiger partial charge on any atom is 0.0300 e. The summed E-state index contributed by atoms with van der Waals surface area (Å²) in [6.07, 6.45) is 66.8. The second-order valence-electron chi connectivity index (χ2n) is 40.8. The molecule has 14 fully saturated rings. The molecule has 0 atom stereocenters. The van der Waals surface area contributed by atoms with Crippen LogP contribution in [-0.4, -0.2) is 0 Å². The third kappa shape index (κ3) is 47.4. The molecular formula is C99H198. The Bertz CT molecular complexity index is 2170. The summed E-state index contributed by atoms with van der Waals surface area (Å²) in [5.74, 6) is 6.95. The molecule has 99 heavy (non-hydrogen) atoms. The van der Waals surface area contributed by atoms with E-state index in [9.17, 15) is 0 Å². The molecule has 14 aliphatic rings. The Morgan fingerprint density at radius 3 is 0.828 bits per heavy atom. The monoisotopic (exact) mass is 1400 g/mol. The van der Waals surface area contributed by atoms with Crippen LogP contribution in [0.4, 0.5) is 0 Å². The molecule has 0 amide bonds. The van der Waals surface area contributed by atoms with Crippen molar-refractivity contribution in [3.8, 4) is 0 Å². The van der Waals surface area contributed by atoms with Crippen LogP contribution in [0.1, 0.15) is 542 Å². The van der Waals surface area contributed by atoms with Gasteiger partial charge in [0.05, 0.1) is 0 Å². The first-order chi connectivity index (χ1) is 50.2. The van der Waals surface area contributed by atoms with Crippen LogP contribution in [0, 0.1) is 109 Å². The number of rotatable bonds is 4. The van der Waals surface area contributed by atoms with Gasteiger partial charge in [0.15, 0.2) is 0 Å². The fourth-order valence-electron chi connectivity index (χ4n) is 19.0. The number of hydrogen-bond donors (Lipinski definition) is 0.